The molecule has 1 aromatic rings. The fraction of sp³-hybridized carbons (Fsp3) is 0.633. The average molecular weight is 573 g/mol. The number of rotatable bonds is 6. The zero-order valence-corrected chi connectivity index (χ0v) is 25.2. The van der Waals surface area contributed by atoms with Crippen molar-refractivity contribution in [3.63, 3.8) is 0 Å². The standard InChI is InChI=1S/C30H44N4O7/c1-29(2,3)13-34(8)12-15-11-18(32(4)5)16-9-14-10-17-22(33(6)7)25(37)21(28(31)40)27(39)30(17,41)26(38)19(14)24(36)20(16)23(15)35/h11,14,17,21-22,25,35,37-38,41H,9-10,12-13H2,1-8H3,(H2,31,40)/t14-,17-,21?,22-,25?,30-/m0/s1. The molecule has 11 nitrogen and oxygen atoms in total. The number of hydrogen-bond donors (Lipinski definition) is 5. The monoisotopic (exact) mass is 572 g/mol. The van der Waals surface area contributed by atoms with Crippen molar-refractivity contribution in [2.75, 3.05) is 46.7 Å². The summed E-state index contributed by atoms with van der Waals surface area (Å²) >= 11 is 0. The van der Waals surface area contributed by atoms with Crippen LogP contribution in [0.1, 0.15) is 48.7 Å². The SMILES string of the molecule is CN(Cc1cc(N(C)C)c2c(c1O)C(=O)C1=C(O)[C@]3(O)C(=O)C(C(N)=O)C(O)[C@@H](N(C)C)[C@@H]3C[C@@H]1C2)CC(C)(C)C. The van der Waals surface area contributed by atoms with Crippen LogP contribution in [0.4, 0.5) is 5.69 Å². The van der Waals surface area contributed by atoms with Crippen LogP contribution in [-0.2, 0) is 22.6 Å². The van der Waals surface area contributed by atoms with Gasteiger partial charge >= 0.3 is 0 Å². The van der Waals surface area contributed by atoms with Gasteiger partial charge in [-0.2, -0.15) is 0 Å². The predicted octanol–water partition coefficient (Wildman–Crippen LogP) is 0.830. The molecule has 1 saturated carbocycles. The Morgan fingerprint density at radius 2 is 1.73 bits per heavy atom. The summed E-state index contributed by atoms with van der Waals surface area (Å²) < 4.78 is 0. The highest BCUT2D eigenvalue weighted by molar-refractivity contribution is 6.16. The molecule has 1 fully saturated rings. The largest absolute Gasteiger partial charge is 0.508 e. The van der Waals surface area contributed by atoms with E-state index in [1.165, 1.54) is 0 Å². The number of Topliss-reactive ketones (excluding diaryl/α,β-unsaturated/α-hetero) is 2. The normalized spacial score (nSPS) is 29.9. The third-order valence-electron chi connectivity index (χ3n) is 8.82. The Labute approximate surface area is 241 Å². The van der Waals surface area contributed by atoms with Crippen molar-refractivity contribution in [3.05, 3.63) is 34.1 Å². The number of phenols is 1. The molecule has 0 bridgehead atoms. The molecular weight excluding hydrogens is 528 g/mol. The molecule has 0 heterocycles. The number of phenolic OH excluding ortho intramolecular Hbond substituents is 1. The van der Waals surface area contributed by atoms with Crippen molar-refractivity contribution in [2.24, 2.45) is 28.9 Å². The second kappa shape index (κ2) is 10.4. The van der Waals surface area contributed by atoms with E-state index in [9.17, 15) is 34.8 Å². The minimum Gasteiger partial charge on any atom is -0.508 e. The maximum atomic E-state index is 14.2. The number of carbonyl (C=O) groups is 3. The van der Waals surface area contributed by atoms with Gasteiger partial charge in [-0.3, -0.25) is 14.4 Å². The second-order valence-electron chi connectivity index (χ2n) is 13.7. The van der Waals surface area contributed by atoms with Gasteiger partial charge in [0, 0.05) is 56.0 Å². The summed E-state index contributed by atoms with van der Waals surface area (Å²) in [6.45, 7) is 7.43. The van der Waals surface area contributed by atoms with Crippen LogP contribution in [0.5, 0.6) is 5.75 Å². The Bertz CT molecular complexity index is 1310. The molecule has 3 aliphatic rings. The molecule has 3 aliphatic carbocycles. The first-order chi connectivity index (χ1) is 18.8. The van der Waals surface area contributed by atoms with Crippen LogP contribution in [-0.4, -0.2) is 107 Å². The first-order valence-electron chi connectivity index (χ1n) is 13.9. The second-order valence-corrected chi connectivity index (χ2v) is 13.7. The number of aliphatic hydroxyl groups is 3. The smallest absolute Gasteiger partial charge is 0.230 e. The van der Waals surface area contributed by atoms with E-state index in [4.69, 9.17) is 5.73 Å². The molecule has 4 rings (SSSR count). The number of nitrogens with zero attached hydrogens (tertiary/aromatic N) is 3. The van der Waals surface area contributed by atoms with Gasteiger partial charge in [0.15, 0.2) is 17.2 Å². The van der Waals surface area contributed by atoms with E-state index in [-0.39, 0.29) is 35.1 Å². The van der Waals surface area contributed by atoms with Crippen molar-refractivity contribution >= 4 is 23.2 Å². The Hall–Kier alpha value is -2.99. The van der Waals surface area contributed by atoms with E-state index in [0.29, 0.717) is 17.7 Å². The van der Waals surface area contributed by atoms with Gasteiger partial charge < -0.3 is 40.9 Å². The lowest BCUT2D eigenvalue weighted by atomic mass is 9.56. The molecule has 6 atom stereocenters. The number of carbonyl (C=O) groups excluding carboxylic acids is 3. The highest BCUT2D eigenvalue weighted by atomic mass is 16.3. The van der Waals surface area contributed by atoms with E-state index in [0.717, 1.165) is 12.2 Å². The van der Waals surface area contributed by atoms with Crippen LogP contribution in [0, 0.1) is 23.2 Å². The van der Waals surface area contributed by atoms with Crippen LogP contribution in [0.15, 0.2) is 17.4 Å². The minimum absolute atomic E-state index is 0.00395. The lowest BCUT2D eigenvalue weighted by Gasteiger charge is -2.53. The van der Waals surface area contributed by atoms with Gasteiger partial charge in [0.2, 0.25) is 5.91 Å². The van der Waals surface area contributed by atoms with Gasteiger partial charge in [-0.25, -0.2) is 0 Å². The molecule has 0 aromatic heterocycles. The third kappa shape index (κ3) is 4.92. The summed E-state index contributed by atoms with van der Waals surface area (Å²) in [6.07, 6.45) is -1.16. The Kier molecular flexibility index (Phi) is 7.83. The summed E-state index contributed by atoms with van der Waals surface area (Å²) in [4.78, 5) is 45.5. The summed E-state index contributed by atoms with van der Waals surface area (Å²) in [5, 5.41) is 45.9. The lowest BCUT2D eigenvalue weighted by Crippen LogP contribution is -2.71. The fourth-order valence-corrected chi connectivity index (χ4v) is 7.38. The zero-order chi connectivity index (χ0) is 30.9. The highest BCUT2D eigenvalue weighted by Crippen LogP contribution is 2.53. The number of amides is 1. The number of likely N-dealkylation sites (N-methyl/N-ethyl adjacent to an activating group) is 1. The number of allylic oxidation sites excluding steroid dienone is 1. The van der Waals surface area contributed by atoms with Crippen LogP contribution < -0.4 is 10.6 Å². The van der Waals surface area contributed by atoms with Gasteiger partial charge in [0.1, 0.15) is 17.4 Å². The van der Waals surface area contributed by atoms with Crippen LogP contribution in [0.2, 0.25) is 0 Å². The van der Waals surface area contributed by atoms with Crippen LogP contribution in [0.25, 0.3) is 0 Å². The van der Waals surface area contributed by atoms with Crippen molar-refractivity contribution < 1.29 is 34.8 Å². The maximum Gasteiger partial charge on any atom is 0.230 e. The number of benzene rings is 1. The third-order valence-corrected chi connectivity index (χ3v) is 8.82. The number of fused-ring (bicyclic) bond motifs is 3. The summed E-state index contributed by atoms with van der Waals surface area (Å²) in [5.74, 6) is -7.33. The zero-order valence-electron chi connectivity index (χ0n) is 25.2. The van der Waals surface area contributed by atoms with Crippen molar-refractivity contribution in [1.29, 1.82) is 0 Å². The van der Waals surface area contributed by atoms with Crippen molar-refractivity contribution in [1.82, 2.24) is 9.80 Å². The molecule has 1 aromatic carbocycles. The van der Waals surface area contributed by atoms with E-state index in [1.807, 2.05) is 32.1 Å². The lowest BCUT2D eigenvalue weighted by molar-refractivity contribution is -0.178. The van der Waals surface area contributed by atoms with E-state index >= 15 is 0 Å². The number of aromatic hydroxyl groups is 1. The molecular formula is C30H44N4O7. The van der Waals surface area contributed by atoms with Crippen molar-refractivity contribution in [2.45, 2.75) is 57.9 Å². The van der Waals surface area contributed by atoms with E-state index < -0.39 is 58.7 Å². The molecule has 0 saturated heterocycles. The Balaban J connectivity index is 1.89. The molecule has 0 radical (unpaired) electrons. The summed E-state index contributed by atoms with van der Waals surface area (Å²) in [7, 11) is 8.91. The quantitative estimate of drug-likeness (QED) is 0.308. The molecule has 41 heavy (non-hydrogen) atoms. The fourth-order valence-electron chi connectivity index (χ4n) is 7.38. The predicted molar refractivity (Wildman–Crippen MR) is 154 cm³/mol. The summed E-state index contributed by atoms with van der Waals surface area (Å²) in [5.41, 5.74) is 4.66. The molecule has 1 amide bonds. The number of nitrogens with two attached hydrogens (primary N) is 1. The van der Waals surface area contributed by atoms with Crippen LogP contribution in [0.3, 0.4) is 0 Å². The Morgan fingerprint density at radius 3 is 2.24 bits per heavy atom. The first kappa shape index (κ1) is 31.0. The van der Waals surface area contributed by atoms with Gasteiger partial charge in [-0.15, -0.1) is 0 Å². The average Bonchev–Trinajstić information content (AvgIpc) is 2.81. The minimum atomic E-state index is -2.60. The van der Waals surface area contributed by atoms with Gasteiger partial charge in [0.25, 0.3) is 0 Å². The number of hydrogen-bond acceptors (Lipinski definition) is 10. The maximum absolute atomic E-state index is 14.2. The first-order valence-corrected chi connectivity index (χ1v) is 13.9. The molecule has 226 valence electrons. The number of ketones is 2. The van der Waals surface area contributed by atoms with E-state index in [2.05, 4.69) is 25.7 Å². The topological polar surface area (TPSA) is 168 Å². The number of aliphatic hydroxyl groups excluding tert-OH is 2. The van der Waals surface area contributed by atoms with Gasteiger partial charge in [0.05, 0.1) is 11.7 Å². The van der Waals surface area contributed by atoms with E-state index in [1.54, 1.807) is 19.0 Å². The van der Waals surface area contributed by atoms with Crippen LogP contribution >= 0.6 is 0 Å². The van der Waals surface area contributed by atoms with Gasteiger partial charge in [-0.1, -0.05) is 20.8 Å². The van der Waals surface area contributed by atoms with Crippen molar-refractivity contribution in [3.8, 4) is 5.75 Å². The number of primary amides is 1. The molecule has 6 N–H and O–H groups in total. The number of anilines is 1. The molecule has 11 heteroatoms. The highest BCUT2D eigenvalue weighted by Gasteiger charge is 2.66. The summed E-state index contributed by atoms with van der Waals surface area (Å²) in [6, 6.07) is 0.973. The molecule has 0 aliphatic heterocycles. The molecule has 2 unspecified atom stereocenters. The van der Waals surface area contributed by atoms with Gasteiger partial charge in [-0.05, 0) is 56.9 Å². The Morgan fingerprint density at radius 1 is 1.12 bits per heavy atom. The molecule has 0 spiro atoms.